The van der Waals surface area contributed by atoms with E-state index in [0.29, 0.717) is 17.5 Å². The molecule has 0 aromatic carbocycles. The Hall–Kier alpha value is -1.02. The molecule has 29 heavy (non-hydrogen) atoms. The molecule has 0 aliphatic carbocycles. The predicted octanol–water partition coefficient (Wildman–Crippen LogP) is 1.01. The third-order valence-corrected chi connectivity index (χ3v) is 5.37. The van der Waals surface area contributed by atoms with E-state index in [4.69, 9.17) is 16.1 Å². The topological polar surface area (TPSA) is 88.9 Å². The number of rotatable bonds is 6. The monoisotopic (exact) mass is 415 g/mol. The summed E-state index contributed by atoms with van der Waals surface area (Å²) in [5, 5.41) is 11.1. The third kappa shape index (κ3) is 6.00. The van der Waals surface area contributed by atoms with Gasteiger partial charge in [0.1, 0.15) is 0 Å². The van der Waals surface area contributed by atoms with Gasteiger partial charge in [0.05, 0.1) is 5.69 Å². The van der Waals surface area contributed by atoms with Crippen molar-refractivity contribution in [3.8, 4) is 11.4 Å². The predicted molar refractivity (Wildman–Crippen MR) is 117 cm³/mol. The molecule has 1 aliphatic heterocycles. The molecule has 2 unspecified atom stereocenters. The molecule has 1 saturated heterocycles. The van der Waals surface area contributed by atoms with Gasteiger partial charge in [-0.15, -0.1) is 5.69 Å². The van der Waals surface area contributed by atoms with Crippen molar-refractivity contribution in [2.24, 2.45) is 11.7 Å². The van der Waals surface area contributed by atoms with Gasteiger partial charge in [-0.25, -0.2) is 0 Å². The molecule has 2 aromatic heterocycles. The summed E-state index contributed by atoms with van der Waals surface area (Å²) < 4.78 is 0. The van der Waals surface area contributed by atoms with E-state index in [0.717, 1.165) is 41.1 Å². The Labute approximate surface area is 216 Å². The molecule has 1 fully saturated rings. The molecular weight excluding hydrogens is 385 g/mol. The summed E-state index contributed by atoms with van der Waals surface area (Å²) in [5.74, 6) is 0.632. The molecule has 0 bridgehead atoms. The number of nitrogens with zero attached hydrogens (tertiary/aromatic N) is 2. The van der Waals surface area contributed by atoms with Crippen molar-refractivity contribution >= 4 is 17.9 Å². The summed E-state index contributed by atoms with van der Waals surface area (Å²) in [4.78, 5) is 9.44. The van der Waals surface area contributed by atoms with Crippen LogP contribution in [0.2, 0.25) is 0 Å². The minimum Gasteiger partial charge on any atom is -0.660 e. The van der Waals surface area contributed by atoms with Crippen molar-refractivity contribution in [2.45, 2.75) is 51.6 Å². The van der Waals surface area contributed by atoms with Gasteiger partial charge >= 0.3 is 51.4 Å². The van der Waals surface area contributed by atoms with Gasteiger partial charge in [0.15, 0.2) is 0 Å². The van der Waals surface area contributed by atoms with E-state index in [9.17, 15) is 0 Å². The maximum atomic E-state index is 7.47. The first-order valence-electron chi connectivity index (χ1n) is 9.81. The first kappa shape index (κ1) is 24.2. The molecule has 3 heterocycles. The Balaban J connectivity index is 0.00000300. The second kappa shape index (κ2) is 10.3. The van der Waals surface area contributed by atoms with Crippen LogP contribution in [-0.4, -0.2) is 22.8 Å². The molecule has 0 radical (unpaired) electrons. The van der Waals surface area contributed by atoms with Gasteiger partial charge in [-0.2, -0.15) is 5.69 Å². The van der Waals surface area contributed by atoms with E-state index in [1.807, 2.05) is 12.1 Å². The van der Waals surface area contributed by atoms with E-state index in [1.54, 1.807) is 12.3 Å². The minimum absolute atomic E-state index is 0. The van der Waals surface area contributed by atoms with E-state index in [1.165, 1.54) is 18.8 Å². The Kier molecular flexibility index (Phi) is 8.64. The van der Waals surface area contributed by atoms with Crippen LogP contribution in [0.3, 0.4) is 0 Å². The van der Waals surface area contributed by atoms with Crippen LogP contribution in [0.25, 0.3) is 23.0 Å². The van der Waals surface area contributed by atoms with Crippen LogP contribution >= 0.6 is 0 Å². The van der Waals surface area contributed by atoms with Crippen LogP contribution in [0.5, 0.6) is 0 Å². The minimum atomic E-state index is 0. The van der Waals surface area contributed by atoms with Gasteiger partial charge < -0.3 is 21.4 Å². The van der Waals surface area contributed by atoms with Crippen LogP contribution in [0.1, 0.15) is 50.4 Å². The van der Waals surface area contributed by atoms with Crippen LogP contribution in [0.15, 0.2) is 37.2 Å². The summed E-state index contributed by atoms with van der Waals surface area (Å²) in [7, 11) is 0. The normalized spacial score (nSPS) is 21.3. The molecule has 2 atom stereocenters. The molecule has 2 aromatic rings. The maximum Gasteiger partial charge on any atom is 1.00 e. The number of hydrogen-bond acceptors (Lipinski definition) is 4. The molecule has 6 heteroatoms. The van der Waals surface area contributed by atoms with Crippen molar-refractivity contribution in [1.29, 1.82) is 5.41 Å². The van der Waals surface area contributed by atoms with Gasteiger partial charge in [-0.1, -0.05) is 24.8 Å². The van der Waals surface area contributed by atoms with E-state index < -0.39 is 0 Å². The molecule has 0 amide bonds. The molecule has 0 spiro atoms. The van der Waals surface area contributed by atoms with Gasteiger partial charge in [0, 0.05) is 41.3 Å². The summed E-state index contributed by atoms with van der Waals surface area (Å²) >= 11 is 0. The zero-order valence-electron chi connectivity index (χ0n) is 18.0. The van der Waals surface area contributed by atoms with Crippen molar-refractivity contribution in [3.63, 3.8) is 0 Å². The Bertz CT molecular complexity index is 896. The molecule has 148 valence electrons. The molecule has 0 saturated carbocycles. The fourth-order valence-electron chi connectivity index (χ4n) is 4.43. The van der Waals surface area contributed by atoms with Crippen LogP contribution in [-0.2, 0) is 6.42 Å². The average molecular weight is 416 g/mol. The largest absolute Gasteiger partial charge is 1.00 e. The smallest absolute Gasteiger partial charge is 0.660 e. The first-order chi connectivity index (χ1) is 13.3. The maximum absolute atomic E-state index is 7.47. The number of allylic oxidation sites excluding steroid dienone is 1. The van der Waals surface area contributed by atoms with E-state index >= 15 is 0 Å². The molecule has 1 aliphatic rings. The molecule has 5 nitrogen and oxygen atoms in total. The van der Waals surface area contributed by atoms with Gasteiger partial charge in [0.25, 0.3) is 0 Å². The zero-order chi connectivity index (χ0) is 20.3. The summed E-state index contributed by atoms with van der Waals surface area (Å²) in [5.41, 5.74) is 10.9. The number of nitrogens with one attached hydrogen (secondary N) is 2. The molecule has 4 N–H and O–H groups in total. The summed E-state index contributed by atoms with van der Waals surface area (Å²) in [6.07, 6.45) is 9.47. The number of nitrogens with two attached hydrogens (primary N) is 1. The second-order valence-electron chi connectivity index (χ2n) is 8.39. The van der Waals surface area contributed by atoms with Crippen molar-refractivity contribution in [3.05, 3.63) is 54.0 Å². The number of hydrogen-bond donors (Lipinski definition) is 3. The number of piperidine rings is 1. The zero-order valence-corrected chi connectivity index (χ0v) is 21.1. The Morgan fingerprint density at radius 2 is 2.21 bits per heavy atom. The first-order valence-corrected chi connectivity index (χ1v) is 9.81. The fraction of sp³-hybridized carbons (Fsp3) is 0.391. The average Bonchev–Trinajstić information content (AvgIpc) is 3.09. The molecule has 3 rings (SSSR count). The van der Waals surface area contributed by atoms with Gasteiger partial charge in [-0.3, -0.25) is 4.98 Å². The van der Waals surface area contributed by atoms with E-state index in [-0.39, 0.29) is 56.9 Å². The molecular formula is C23H30KN5. The van der Waals surface area contributed by atoms with Crippen molar-refractivity contribution in [2.75, 3.05) is 0 Å². The van der Waals surface area contributed by atoms with Gasteiger partial charge in [-0.05, 0) is 57.6 Å². The van der Waals surface area contributed by atoms with Crippen LogP contribution < -0.4 is 67.4 Å². The second-order valence-corrected chi connectivity index (χ2v) is 8.39. The van der Waals surface area contributed by atoms with Crippen LogP contribution in [0, 0.1) is 11.3 Å². The number of aromatic nitrogens is 2. The van der Waals surface area contributed by atoms with E-state index in [2.05, 4.69) is 43.7 Å². The summed E-state index contributed by atoms with van der Waals surface area (Å²) in [6, 6.07) is 6.63. The number of pyridine rings is 1. The van der Waals surface area contributed by atoms with Gasteiger partial charge in [0.2, 0.25) is 0 Å². The fourth-order valence-corrected chi connectivity index (χ4v) is 4.43. The standard InChI is InChI=1S/C23H30N5.K/c1-5-17-10-18(19(12-24)13-25)14-26-22(17)21-7-6-20(27-21)9-16-8-15(2)28-23(3,4)11-16;/h5-7,10,12-16,24,28H,1,8-9,11,25H2,2-4H3;/q-1;+1/b19-13+,24-12?;. The SMILES string of the molecule is C=Cc1cc(/C(C=N)=C/N)cnc1-c1ccc(CC2CC(C)NC(C)(C)C2)[n-]1.[K+]. The van der Waals surface area contributed by atoms with Crippen LogP contribution in [0.4, 0.5) is 0 Å². The Morgan fingerprint density at radius 3 is 2.83 bits per heavy atom. The van der Waals surface area contributed by atoms with Crippen molar-refractivity contribution in [1.82, 2.24) is 15.3 Å². The third-order valence-electron chi connectivity index (χ3n) is 5.37. The quantitative estimate of drug-likeness (QED) is 0.485. The summed E-state index contributed by atoms with van der Waals surface area (Å²) in [6.45, 7) is 10.7. The van der Waals surface area contributed by atoms with Crippen molar-refractivity contribution < 1.29 is 51.4 Å². The Morgan fingerprint density at radius 1 is 1.45 bits per heavy atom.